The first-order valence-corrected chi connectivity index (χ1v) is 15.3. The number of carbonyl (C=O) groups is 2. The summed E-state index contributed by atoms with van der Waals surface area (Å²) in [5, 5.41) is 3.57. The summed E-state index contributed by atoms with van der Waals surface area (Å²) in [7, 11) is -1.06. The number of anilines is 1. The Kier molecular flexibility index (Phi) is 10.9. The van der Waals surface area contributed by atoms with Gasteiger partial charge in [0.1, 0.15) is 24.1 Å². The second-order valence-electron chi connectivity index (χ2n) is 9.69. The molecule has 9 nitrogen and oxygen atoms in total. The summed E-state index contributed by atoms with van der Waals surface area (Å²) in [6.45, 7) is 1.33. The SMILES string of the molecule is CC[C@H](C(=O)NC1CCCCC1)N(Cc1ccccc1Cl)C(=O)CN(c1cc(OC)ccc1OC)S(C)(=O)=O. The Labute approximate surface area is 236 Å². The first-order chi connectivity index (χ1) is 18.6. The number of sulfonamides is 1. The summed E-state index contributed by atoms with van der Waals surface area (Å²) in [5.74, 6) is -0.141. The number of ether oxygens (including phenoxy) is 2. The monoisotopic (exact) mass is 579 g/mol. The summed E-state index contributed by atoms with van der Waals surface area (Å²) in [5.41, 5.74) is 0.811. The molecule has 1 fully saturated rings. The quantitative estimate of drug-likeness (QED) is 0.400. The van der Waals surface area contributed by atoms with E-state index in [4.69, 9.17) is 21.1 Å². The van der Waals surface area contributed by atoms with Gasteiger partial charge in [0.05, 0.1) is 26.2 Å². The zero-order chi connectivity index (χ0) is 28.6. The number of methoxy groups -OCH3 is 2. The van der Waals surface area contributed by atoms with Gasteiger partial charge < -0.3 is 19.7 Å². The van der Waals surface area contributed by atoms with Crippen LogP contribution in [0, 0.1) is 0 Å². The molecule has 0 radical (unpaired) electrons. The molecule has 0 aromatic heterocycles. The molecular weight excluding hydrogens is 542 g/mol. The second-order valence-corrected chi connectivity index (χ2v) is 12.0. The fourth-order valence-electron chi connectivity index (χ4n) is 4.86. The number of nitrogens with zero attached hydrogens (tertiary/aromatic N) is 2. The largest absolute Gasteiger partial charge is 0.497 e. The number of amides is 2. The lowest BCUT2D eigenvalue weighted by atomic mass is 9.95. The van der Waals surface area contributed by atoms with E-state index in [0.717, 1.165) is 42.7 Å². The van der Waals surface area contributed by atoms with E-state index >= 15 is 0 Å². The molecule has 1 N–H and O–H groups in total. The van der Waals surface area contributed by atoms with E-state index in [1.54, 1.807) is 36.4 Å². The molecule has 0 bridgehead atoms. The van der Waals surface area contributed by atoms with Crippen molar-refractivity contribution in [3.63, 3.8) is 0 Å². The van der Waals surface area contributed by atoms with E-state index in [9.17, 15) is 18.0 Å². The maximum absolute atomic E-state index is 14.0. The van der Waals surface area contributed by atoms with Crippen LogP contribution in [-0.4, -0.2) is 64.2 Å². The summed E-state index contributed by atoms with van der Waals surface area (Å²) in [4.78, 5) is 28.9. The minimum atomic E-state index is -3.94. The Bertz CT molecular complexity index is 1250. The lowest BCUT2D eigenvalue weighted by Crippen LogP contribution is -2.54. The van der Waals surface area contributed by atoms with Crippen molar-refractivity contribution >= 4 is 39.1 Å². The highest BCUT2D eigenvalue weighted by molar-refractivity contribution is 7.92. The maximum atomic E-state index is 14.0. The second kappa shape index (κ2) is 13.9. The molecule has 214 valence electrons. The van der Waals surface area contributed by atoms with Crippen molar-refractivity contribution in [2.24, 2.45) is 0 Å². The average Bonchev–Trinajstić information content (AvgIpc) is 2.92. The van der Waals surface area contributed by atoms with Crippen molar-refractivity contribution < 1.29 is 27.5 Å². The van der Waals surface area contributed by atoms with Crippen molar-refractivity contribution in [1.82, 2.24) is 10.2 Å². The van der Waals surface area contributed by atoms with Gasteiger partial charge in [0.2, 0.25) is 21.8 Å². The smallest absolute Gasteiger partial charge is 0.244 e. The van der Waals surface area contributed by atoms with Crippen LogP contribution >= 0.6 is 11.6 Å². The van der Waals surface area contributed by atoms with Crippen LogP contribution in [0.1, 0.15) is 51.0 Å². The molecule has 0 saturated heterocycles. The summed E-state index contributed by atoms with van der Waals surface area (Å²) in [6, 6.07) is 11.0. The van der Waals surface area contributed by atoms with Gasteiger partial charge >= 0.3 is 0 Å². The first-order valence-electron chi connectivity index (χ1n) is 13.1. The van der Waals surface area contributed by atoms with Crippen molar-refractivity contribution in [1.29, 1.82) is 0 Å². The molecule has 0 unspecified atom stereocenters. The molecular formula is C28H38ClN3O6S. The van der Waals surface area contributed by atoms with Crippen LogP contribution in [0.5, 0.6) is 11.5 Å². The molecule has 2 amide bonds. The van der Waals surface area contributed by atoms with Gasteiger partial charge in [-0.25, -0.2) is 8.42 Å². The van der Waals surface area contributed by atoms with E-state index in [0.29, 0.717) is 22.8 Å². The fraction of sp³-hybridized carbons (Fsp3) is 0.500. The topological polar surface area (TPSA) is 105 Å². The molecule has 0 heterocycles. The van der Waals surface area contributed by atoms with Crippen LogP contribution in [0.25, 0.3) is 0 Å². The third kappa shape index (κ3) is 8.02. The predicted octanol–water partition coefficient (Wildman–Crippen LogP) is 4.38. The van der Waals surface area contributed by atoms with E-state index < -0.39 is 28.5 Å². The minimum absolute atomic E-state index is 0.0436. The zero-order valence-corrected chi connectivity index (χ0v) is 24.6. The lowest BCUT2D eigenvalue weighted by Gasteiger charge is -2.34. The minimum Gasteiger partial charge on any atom is -0.497 e. The van der Waals surface area contributed by atoms with Gasteiger partial charge in [0.15, 0.2) is 0 Å². The highest BCUT2D eigenvalue weighted by atomic mass is 35.5. The van der Waals surface area contributed by atoms with Crippen LogP contribution in [0.4, 0.5) is 5.69 Å². The van der Waals surface area contributed by atoms with E-state index in [-0.39, 0.29) is 29.9 Å². The van der Waals surface area contributed by atoms with Gasteiger partial charge in [0, 0.05) is 23.7 Å². The molecule has 2 aromatic carbocycles. The van der Waals surface area contributed by atoms with Crippen molar-refractivity contribution in [2.75, 3.05) is 31.3 Å². The van der Waals surface area contributed by atoms with Crippen molar-refractivity contribution in [3.05, 3.63) is 53.1 Å². The van der Waals surface area contributed by atoms with Gasteiger partial charge in [-0.05, 0) is 43.0 Å². The Hall–Kier alpha value is -2.98. The molecule has 3 rings (SSSR count). The third-order valence-corrected chi connectivity index (χ3v) is 8.47. The summed E-state index contributed by atoms with van der Waals surface area (Å²) in [6.07, 6.45) is 6.41. The molecule has 11 heteroatoms. The summed E-state index contributed by atoms with van der Waals surface area (Å²) >= 11 is 6.43. The Morgan fingerprint density at radius 1 is 1.08 bits per heavy atom. The van der Waals surface area contributed by atoms with Gasteiger partial charge in [-0.3, -0.25) is 13.9 Å². The van der Waals surface area contributed by atoms with Gasteiger partial charge in [0.25, 0.3) is 0 Å². The highest BCUT2D eigenvalue weighted by Crippen LogP contribution is 2.34. The van der Waals surface area contributed by atoms with E-state index in [1.807, 2.05) is 6.92 Å². The van der Waals surface area contributed by atoms with Gasteiger partial charge in [-0.15, -0.1) is 0 Å². The Morgan fingerprint density at radius 3 is 2.36 bits per heavy atom. The fourth-order valence-corrected chi connectivity index (χ4v) is 5.90. The van der Waals surface area contributed by atoms with Crippen molar-refractivity contribution in [2.45, 2.75) is 64.1 Å². The summed E-state index contributed by atoms with van der Waals surface area (Å²) < 4.78 is 37.6. The first kappa shape index (κ1) is 30.6. The Balaban J connectivity index is 1.98. The molecule has 0 spiro atoms. The number of nitrogens with one attached hydrogen (secondary N) is 1. The third-order valence-electron chi connectivity index (χ3n) is 6.97. The van der Waals surface area contributed by atoms with Gasteiger partial charge in [-0.2, -0.15) is 0 Å². The number of rotatable bonds is 12. The number of carbonyl (C=O) groups excluding carboxylic acids is 2. The molecule has 1 saturated carbocycles. The molecule has 1 atom stereocenters. The number of halogens is 1. The number of hydrogen-bond acceptors (Lipinski definition) is 6. The molecule has 1 aliphatic carbocycles. The lowest BCUT2D eigenvalue weighted by molar-refractivity contribution is -0.140. The maximum Gasteiger partial charge on any atom is 0.244 e. The standard InChI is InChI=1S/C28H38ClN3O6S/c1-5-24(28(34)30-21-12-7-6-8-13-21)31(18-20-11-9-10-14-23(20)29)27(33)19-32(39(4,35)36)25-17-22(37-2)15-16-26(25)38-3/h9-11,14-17,21,24H,5-8,12-13,18-19H2,1-4H3,(H,30,34)/t24-/m1/s1. The Morgan fingerprint density at radius 2 is 1.77 bits per heavy atom. The number of benzene rings is 2. The predicted molar refractivity (Wildman–Crippen MR) is 153 cm³/mol. The normalized spacial score (nSPS) is 14.8. The van der Waals surface area contributed by atoms with Crippen LogP contribution < -0.4 is 19.1 Å². The van der Waals surface area contributed by atoms with Crippen LogP contribution in [0.2, 0.25) is 5.02 Å². The number of hydrogen-bond donors (Lipinski definition) is 1. The van der Waals surface area contributed by atoms with E-state index in [1.165, 1.54) is 25.2 Å². The molecule has 2 aromatic rings. The molecule has 0 aliphatic heterocycles. The highest BCUT2D eigenvalue weighted by Gasteiger charge is 2.34. The van der Waals surface area contributed by atoms with Crippen LogP contribution in [-0.2, 0) is 26.2 Å². The average molecular weight is 580 g/mol. The van der Waals surface area contributed by atoms with Crippen LogP contribution in [0.15, 0.2) is 42.5 Å². The zero-order valence-electron chi connectivity index (χ0n) is 23.0. The van der Waals surface area contributed by atoms with Crippen molar-refractivity contribution in [3.8, 4) is 11.5 Å². The molecule has 1 aliphatic rings. The van der Waals surface area contributed by atoms with Crippen LogP contribution in [0.3, 0.4) is 0 Å². The van der Waals surface area contributed by atoms with E-state index in [2.05, 4.69) is 5.32 Å². The molecule has 39 heavy (non-hydrogen) atoms. The van der Waals surface area contributed by atoms with Gasteiger partial charge in [-0.1, -0.05) is 56.0 Å².